The number of rotatable bonds is 6. The lowest BCUT2D eigenvalue weighted by molar-refractivity contribution is -0.139. The predicted molar refractivity (Wildman–Crippen MR) is 70.2 cm³/mol. The number of carboxylic acids is 1. The van der Waals surface area contributed by atoms with E-state index in [1.54, 1.807) is 6.33 Å². The Morgan fingerprint density at radius 1 is 1.47 bits per heavy atom. The quantitative estimate of drug-likeness (QED) is 0.805. The minimum Gasteiger partial charge on any atom is -0.481 e. The van der Waals surface area contributed by atoms with Gasteiger partial charge >= 0.3 is 5.97 Å². The van der Waals surface area contributed by atoms with Crippen molar-refractivity contribution in [3.8, 4) is 0 Å². The largest absolute Gasteiger partial charge is 0.481 e. The van der Waals surface area contributed by atoms with Crippen LogP contribution in [-0.2, 0) is 22.4 Å². The highest BCUT2D eigenvalue weighted by atomic mass is 16.5. The molecular weight excluding hydrogens is 246 g/mol. The molecule has 104 valence electrons. The lowest BCUT2D eigenvalue weighted by Crippen LogP contribution is -2.26. The number of carbonyl (C=O) groups is 1. The third-order valence-electron chi connectivity index (χ3n) is 3.36. The third kappa shape index (κ3) is 3.64. The fourth-order valence-corrected chi connectivity index (χ4v) is 2.32. The van der Waals surface area contributed by atoms with E-state index in [9.17, 15) is 4.79 Å². The first-order valence-electron chi connectivity index (χ1n) is 6.52. The van der Waals surface area contributed by atoms with Crippen molar-refractivity contribution in [1.29, 1.82) is 0 Å². The van der Waals surface area contributed by atoms with Gasteiger partial charge in [-0.25, -0.2) is 9.97 Å². The van der Waals surface area contributed by atoms with Gasteiger partial charge in [-0.2, -0.15) is 0 Å². The third-order valence-corrected chi connectivity index (χ3v) is 3.36. The molecule has 6 heteroatoms. The molecule has 0 spiro atoms. The second kappa shape index (κ2) is 6.47. The smallest absolute Gasteiger partial charge is 0.306 e. The molecule has 6 nitrogen and oxygen atoms in total. The lowest BCUT2D eigenvalue weighted by Gasteiger charge is -2.20. The van der Waals surface area contributed by atoms with Gasteiger partial charge in [-0.3, -0.25) is 4.79 Å². The summed E-state index contributed by atoms with van der Waals surface area (Å²) in [7, 11) is 1.52. The van der Waals surface area contributed by atoms with Crippen molar-refractivity contribution in [2.24, 2.45) is 0 Å². The van der Waals surface area contributed by atoms with Gasteiger partial charge in [0.05, 0.1) is 12.5 Å². The number of nitrogens with zero attached hydrogens (tertiary/aromatic N) is 2. The standard InChI is InChI=1S/C13H19N3O3/c1-19-9(6-12(17)18)7-14-13-10-4-2-3-5-11(10)15-8-16-13/h8-9H,2-7H2,1H3,(H,17,18)(H,14,15,16). The SMILES string of the molecule is COC(CNc1ncnc2c1CCCC2)CC(=O)O. The summed E-state index contributed by atoms with van der Waals surface area (Å²) in [6.07, 6.45) is 5.49. The van der Waals surface area contributed by atoms with Gasteiger partial charge in [0.25, 0.3) is 0 Å². The van der Waals surface area contributed by atoms with Crippen molar-refractivity contribution >= 4 is 11.8 Å². The van der Waals surface area contributed by atoms with E-state index in [1.807, 2.05) is 0 Å². The molecule has 0 amide bonds. The highest BCUT2D eigenvalue weighted by Gasteiger charge is 2.17. The normalized spacial score (nSPS) is 15.6. The monoisotopic (exact) mass is 265 g/mol. The number of hydrogen-bond acceptors (Lipinski definition) is 5. The van der Waals surface area contributed by atoms with Crippen molar-refractivity contribution < 1.29 is 14.6 Å². The maximum atomic E-state index is 10.7. The Labute approximate surface area is 112 Å². The number of ether oxygens (including phenoxy) is 1. The van der Waals surface area contributed by atoms with Crippen LogP contribution in [0.4, 0.5) is 5.82 Å². The molecule has 1 aliphatic rings. The maximum Gasteiger partial charge on any atom is 0.306 e. The van der Waals surface area contributed by atoms with E-state index >= 15 is 0 Å². The molecule has 1 aliphatic carbocycles. The van der Waals surface area contributed by atoms with E-state index in [-0.39, 0.29) is 12.5 Å². The number of nitrogens with one attached hydrogen (secondary N) is 1. The van der Waals surface area contributed by atoms with Gasteiger partial charge in [-0.1, -0.05) is 0 Å². The fraction of sp³-hybridized carbons (Fsp3) is 0.615. The van der Waals surface area contributed by atoms with Crippen LogP contribution in [0.2, 0.25) is 0 Å². The van der Waals surface area contributed by atoms with Crippen molar-refractivity contribution in [3.63, 3.8) is 0 Å². The van der Waals surface area contributed by atoms with Crippen LogP contribution in [0.25, 0.3) is 0 Å². The Morgan fingerprint density at radius 2 is 2.26 bits per heavy atom. The summed E-state index contributed by atoms with van der Waals surface area (Å²) in [6.45, 7) is 0.437. The van der Waals surface area contributed by atoms with Crippen molar-refractivity contribution in [2.45, 2.75) is 38.2 Å². The molecule has 0 radical (unpaired) electrons. The van der Waals surface area contributed by atoms with Crippen LogP contribution >= 0.6 is 0 Å². The molecule has 0 bridgehead atoms. The average molecular weight is 265 g/mol. The van der Waals surface area contributed by atoms with Gasteiger partial charge in [-0.15, -0.1) is 0 Å². The van der Waals surface area contributed by atoms with E-state index < -0.39 is 5.97 Å². The van der Waals surface area contributed by atoms with E-state index in [0.717, 1.165) is 30.8 Å². The van der Waals surface area contributed by atoms with Crippen LogP contribution in [0.3, 0.4) is 0 Å². The van der Waals surface area contributed by atoms with Crippen LogP contribution in [0.5, 0.6) is 0 Å². The summed E-state index contributed by atoms with van der Waals surface area (Å²) < 4.78 is 5.14. The summed E-state index contributed by atoms with van der Waals surface area (Å²) in [4.78, 5) is 19.2. The van der Waals surface area contributed by atoms with Crippen LogP contribution in [-0.4, -0.2) is 40.8 Å². The van der Waals surface area contributed by atoms with Crippen molar-refractivity contribution in [3.05, 3.63) is 17.6 Å². The van der Waals surface area contributed by atoms with Crippen molar-refractivity contribution in [1.82, 2.24) is 9.97 Å². The zero-order chi connectivity index (χ0) is 13.7. The fourth-order valence-electron chi connectivity index (χ4n) is 2.32. The Morgan fingerprint density at radius 3 is 3.00 bits per heavy atom. The number of fused-ring (bicyclic) bond motifs is 1. The Bertz CT molecular complexity index is 451. The zero-order valence-electron chi connectivity index (χ0n) is 11.1. The summed E-state index contributed by atoms with van der Waals surface area (Å²) in [5.74, 6) is -0.0458. The average Bonchev–Trinajstić information content (AvgIpc) is 2.43. The van der Waals surface area contributed by atoms with Gasteiger partial charge in [0.1, 0.15) is 12.1 Å². The Balaban J connectivity index is 2.01. The minimum atomic E-state index is -0.863. The topological polar surface area (TPSA) is 84.3 Å². The molecule has 0 saturated heterocycles. The summed E-state index contributed by atoms with van der Waals surface area (Å²) in [5.41, 5.74) is 2.27. The molecule has 19 heavy (non-hydrogen) atoms. The van der Waals surface area contributed by atoms with Gasteiger partial charge in [0, 0.05) is 24.9 Å². The number of hydrogen-bond donors (Lipinski definition) is 2. The van der Waals surface area contributed by atoms with Gasteiger partial charge in [-0.05, 0) is 25.7 Å². The number of aryl methyl sites for hydroxylation is 1. The second-order valence-electron chi connectivity index (χ2n) is 4.69. The first-order valence-corrected chi connectivity index (χ1v) is 6.52. The first kappa shape index (κ1) is 13.7. The van der Waals surface area contributed by atoms with Gasteiger partial charge in [0.2, 0.25) is 0 Å². The zero-order valence-corrected chi connectivity index (χ0v) is 11.1. The van der Waals surface area contributed by atoms with Gasteiger partial charge < -0.3 is 15.2 Å². The lowest BCUT2D eigenvalue weighted by atomic mass is 9.96. The molecule has 1 aromatic heterocycles. The molecule has 1 atom stereocenters. The maximum absolute atomic E-state index is 10.7. The first-order chi connectivity index (χ1) is 9.20. The number of anilines is 1. The highest BCUT2D eigenvalue weighted by molar-refractivity contribution is 5.67. The summed E-state index contributed by atoms with van der Waals surface area (Å²) in [6, 6.07) is 0. The van der Waals surface area contributed by atoms with Crippen molar-refractivity contribution in [2.75, 3.05) is 19.0 Å². The number of aliphatic carboxylic acids is 1. The van der Waals surface area contributed by atoms with Crippen LogP contribution in [0, 0.1) is 0 Å². The molecule has 2 N–H and O–H groups in total. The van der Waals surface area contributed by atoms with Crippen LogP contribution in [0.15, 0.2) is 6.33 Å². The highest BCUT2D eigenvalue weighted by Crippen LogP contribution is 2.24. The molecule has 0 aliphatic heterocycles. The predicted octanol–water partition coefficient (Wildman–Crippen LogP) is 1.26. The van der Waals surface area contributed by atoms with Gasteiger partial charge in [0.15, 0.2) is 0 Å². The molecule has 2 rings (SSSR count). The number of carboxylic acid groups (broad SMARTS) is 1. The molecule has 1 heterocycles. The molecular formula is C13H19N3O3. The number of aromatic nitrogens is 2. The number of methoxy groups -OCH3 is 1. The van der Waals surface area contributed by atoms with E-state index in [1.165, 1.54) is 19.1 Å². The summed E-state index contributed by atoms with van der Waals surface area (Å²) >= 11 is 0. The molecule has 0 aromatic carbocycles. The Kier molecular flexibility index (Phi) is 4.68. The molecule has 1 aromatic rings. The second-order valence-corrected chi connectivity index (χ2v) is 4.69. The van der Waals surface area contributed by atoms with Crippen LogP contribution in [0.1, 0.15) is 30.5 Å². The van der Waals surface area contributed by atoms with E-state index in [2.05, 4.69) is 15.3 Å². The molecule has 0 fully saturated rings. The molecule has 0 saturated carbocycles. The summed E-state index contributed by atoms with van der Waals surface area (Å²) in [5, 5.41) is 12.0. The Hall–Kier alpha value is -1.69. The molecule has 1 unspecified atom stereocenters. The van der Waals surface area contributed by atoms with E-state index in [4.69, 9.17) is 9.84 Å². The minimum absolute atomic E-state index is 0.0171. The van der Waals surface area contributed by atoms with E-state index in [0.29, 0.717) is 6.54 Å². The van der Waals surface area contributed by atoms with Crippen LogP contribution < -0.4 is 5.32 Å².